The molecular formula is C27H35N5O4. The molecule has 1 fully saturated rings. The fraction of sp³-hybridized carbons (Fsp3) is 0.407. The first-order chi connectivity index (χ1) is 17.4. The molecule has 1 aromatic heterocycles. The van der Waals surface area contributed by atoms with E-state index in [-0.39, 0.29) is 5.91 Å². The van der Waals surface area contributed by atoms with Crippen molar-refractivity contribution < 1.29 is 19.4 Å². The van der Waals surface area contributed by atoms with Crippen molar-refractivity contribution in [1.82, 2.24) is 25.0 Å². The number of piperazine rings is 1. The number of likely N-dealkylation sites (N-methyl/N-ethyl adjacent to an activating group) is 1. The summed E-state index contributed by atoms with van der Waals surface area (Å²) in [4.78, 5) is 33.9. The van der Waals surface area contributed by atoms with Crippen molar-refractivity contribution in [2.75, 3.05) is 59.9 Å². The predicted molar refractivity (Wildman–Crippen MR) is 139 cm³/mol. The Hall–Kier alpha value is -3.40. The van der Waals surface area contributed by atoms with Gasteiger partial charge in [-0.05, 0) is 31.8 Å². The lowest BCUT2D eigenvalue weighted by atomic mass is 10.0. The largest absolute Gasteiger partial charge is 0.489 e. The molecule has 3 aromatic rings. The number of fused-ring (bicyclic) bond motifs is 1. The van der Waals surface area contributed by atoms with Crippen molar-refractivity contribution in [1.29, 1.82) is 0 Å². The van der Waals surface area contributed by atoms with Crippen LogP contribution in [0.25, 0.3) is 10.9 Å². The summed E-state index contributed by atoms with van der Waals surface area (Å²) in [6.45, 7) is 4.65. The van der Waals surface area contributed by atoms with Crippen LogP contribution in [0.1, 0.15) is 17.2 Å². The molecular weight excluding hydrogens is 458 g/mol. The summed E-state index contributed by atoms with van der Waals surface area (Å²) in [5, 5.41) is 13.9. The number of aliphatic carboxylic acids is 1. The lowest BCUT2D eigenvalue weighted by molar-refractivity contribution is -0.144. The van der Waals surface area contributed by atoms with E-state index in [2.05, 4.69) is 15.2 Å². The highest BCUT2D eigenvalue weighted by Gasteiger charge is 2.32. The van der Waals surface area contributed by atoms with E-state index in [0.29, 0.717) is 45.9 Å². The normalized spacial score (nSPS) is 15.8. The van der Waals surface area contributed by atoms with Crippen molar-refractivity contribution in [2.24, 2.45) is 0 Å². The van der Waals surface area contributed by atoms with Crippen LogP contribution in [0, 0.1) is 0 Å². The van der Waals surface area contributed by atoms with Crippen LogP contribution in [0.5, 0.6) is 5.75 Å². The number of carbonyl (C=O) groups excluding carboxylic acids is 1. The molecule has 1 aliphatic rings. The molecule has 1 aliphatic heterocycles. The lowest BCUT2D eigenvalue weighted by Crippen LogP contribution is -2.51. The van der Waals surface area contributed by atoms with Crippen molar-refractivity contribution in [3.63, 3.8) is 0 Å². The van der Waals surface area contributed by atoms with E-state index in [4.69, 9.17) is 4.74 Å². The van der Waals surface area contributed by atoms with E-state index in [0.717, 1.165) is 34.3 Å². The number of ether oxygens (including phenoxy) is 1. The number of aromatic nitrogens is 1. The van der Waals surface area contributed by atoms with Gasteiger partial charge in [0.2, 0.25) is 5.91 Å². The van der Waals surface area contributed by atoms with E-state index < -0.39 is 12.0 Å². The highest BCUT2D eigenvalue weighted by atomic mass is 16.5. The van der Waals surface area contributed by atoms with Gasteiger partial charge in [-0.2, -0.15) is 0 Å². The minimum atomic E-state index is -0.879. The number of nitrogens with zero attached hydrogens (tertiary/aromatic N) is 3. The Morgan fingerprint density at radius 3 is 2.56 bits per heavy atom. The van der Waals surface area contributed by atoms with E-state index >= 15 is 0 Å². The number of carbonyl (C=O) groups is 2. The Balaban J connectivity index is 1.37. The Bertz CT molecular complexity index is 1160. The van der Waals surface area contributed by atoms with Gasteiger partial charge in [0.05, 0.1) is 6.54 Å². The van der Waals surface area contributed by atoms with Gasteiger partial charge in [0.25, 0.3) is 0 Å². The zero-order valence-corrected chi connectivity index (χ0v) is 20.9. The van der Waals surface area contributed by atoms with Crippen LogP contribution in [0.3, 0.4) is 0 Å². The first-order valence-corrected chi connectivity index (χ1v) is 12.3. The summed E-state index contributed by atoms with van der Waals surface area (Å²) in [5.41, 5.74) is 2.66. The van der Waals surface area contributed by atoms with E-state index in [1.807, 2.05) is 72.4 Å². The lowest BCUT2D eigenvalue weighted by Gasteiger charge is -2.37. The summed E-state index contributed by atoms with van der Waals surface area (Å²) in [6.07, 6.45) is 1.79. The van der Waals surface area contributed by atoms with Crippen LogP contribution >= 0.6 is 0 Å². The number of rotatable bonds is 11. The molecule has 9 heteroatoms. The van der Waals surface area contributed by atoms with Crippen molar-refractivity contribution in [3.8, 4) is 5.75 Å². The second-order valence-electron chi connectivity index (χ2n) is 9.43. The Morgan fingerprint density at radius 1 is 1.11 bits per heavy atom. The van der Waals surface area contributed by atoms with Crippen molar-refractivity contribution in [3.05, 3.63) is 65.9 Å². The highest BCUT2D eigenvalue weighted by Crippen LogP contribution is 2.31. The van der Waals surface area contributed by atoms with Gasteiger partial charge in [-0.3, -0.25) is 19.4 Å². The van der Waals surface area contributed by atoms with E-state index in [1.165, 1.54) is 0 Å². The first kappa shape index (κ1) is 25.7. The molecule has 3 N–H and O–H groups in total. The number of carboxylic acid groups (broad SMARTS) is 1. The van der Waals surface area contributed by atoms with Crippen LogP contribution in [-0.2, 0) is 16.2 Å². The molecule has 0 bridgehead atoms. The molecule has 192 valence electrons. The van der Waals surface area contributed by atoms with Crippen LogP contribution < -0.4 is 10.1 Å². The smallest absolute Gasteiger partial charge is 0.325 e. The molecule has 2 heterocycles. The number of hydrogen-bond donors (Lipinski definition) is 3. The van der Waals surface area contributed by atoms with Gasteiger partial charge in [-0.15, -0.1) is 0 Å². The van der Waals surface area contributed by atoms with Crippen molar-refractivity contribution >= 4 is 22.8 Å². The SMILES string of the molecule is CN(C)CCNC(=O)CN1CCN([C@H](C(=O)O)c2c[nH]c3cc(OCc4ccccc4)ccc23)CC1. The number of benzene rings is 2. The molecule has 2 aromatic carbocycles. The Morgan fingerprint density at radius 2 is 1.86 bits per heavy atom. The van der Waals surface area contributed by atoms with E-state index in [1.54, 1.807) is 6.20 Å². The molecule has 0 unspecified atom stereocenters. The average molecular weight is 494 g/mol. The minimum Gasteiger partial charge on any atom is -0.489 e. The number of carboxylic acids is 1. The third-order valence-electron chi connectivity index (χ3n) is 6.48. The third-order valence-corrected chi connectivity index (χ3v) is 6.48. The maximum Gasteiger partial charge on any atom is 0.325 e. The topological polar surface area (TPSA) is 101 Å². The van der Waals surface area contributed by atoms with Gasteiger partial charge in [0.15, 0.2) is 0 Å². The van der Waals surface area contributed by atoms with Gasteiger partial charge in [0.1, 0.15) is 18.4 Å². The zero-order valence-electron chi connectivity index (χ0n) is 20.9. The number of nitrogens with one attached hydrogen (secondary N) is 2. The van der Waals surface area contributed by atoms with Gasteiger partial charge >= 0.3 is 5.97 Å². The number of amides is 1. The maximum absolute atomic E-state index is 12.3. The second-order valence-corrected chi connectivity index (χ2v) is 9.43. The van der Waals surface area contributed by atoms with Crippen molar-refractivity contribution in [2.45, 2.75) is 12.6 Å². The van der Waals surface area contributed by atoms with Crippen LogP contribution in [-0.4, -0.2) is 96.6 Å². The Labute approximate surface area is 211 Å². The summed E-state index contributed by atoms with van der Waals surface area (Å²) in [7, 11) is 3.94. The Kier molecular flexibility index (Phi) is 8.58. The number of H-pyrrole nitrogens is 1. The molecule has 1 atom stereocenters. The predicted octanol–water partition coefficient (Wildman–Crippen LogP) is 2.17. The van der Waals surface area contributed by atoms with Gasteiger partial charge in [0, 0.05) is 68.0 Å². The summed E-state index contributed by atoms with van der Waals surface area (Å²) in [6, 6.07) is 14.9. The highest BCUT2D eigenvalue weighted by molar-refractivity contribution is 5.90. The summed E-state index contributed by atoms with van der Waals surface area (Å²) in [5.74, 6) is -0.152. The quantitative estimate of drug-likeness (QED) is 0.376. The summed E-state index contributed by atoms with van der Waals surface area (Å²) < 4.78 is 5.93. The fourth-order valence-corrected chi connectivity index (χ4v) is 4.53. The van der Waals surface area contributed by atoms with Crippen LogP contribution in [0.4, 0.5) is 0 Å². The molecule has 1 amide bonds. The number of hydrogen-bond acceptors (Lipinski definition) is 6. The van der Waals surface area contributed by atoms with E-state index in [9.17, 15) is 14.7 Å². The maximum atomic E-state index is 12.3. The fourth-order valence-electron chi connectivity index (χ4n) is 4.53. The third kappa shape index (κ3) is 6.63. The van der Waals surface area contributed by atoms with Crippen LogP contribution in [0.15, 0.2) is 54.7 Å². The number of aromatic amines is 1. The standard InChI is InChI=1S/C27H35N5O4/c1-30(2)11-10-28-25(33)18-31-12-14-32(15-13-31)26(27(34)35)23-17-29-24-16-21(8-9-22(23)24)36-19-20-6-4-3-5-7-20/h3-9,16-17,26,29H,10-15,18-19H2,1-2H3,(H,28,33)(H,34,35)/t26-/m0/s1. The molecule has 9 nitrogen and oxygen atoms in total. The molecule has 0 radical (unpaired) electrons. The van der Waals surface area contributed by atoms with Gasteiger partial charge in [-0.25, -0.2) is 0 Å². The van der Waals surface area contributed by atoms with Gasteiger partial charge in [-0.1, -0.05) is 30.3 Å². The zero-order chi connectivity index (χ0) is 25.5. The molecule has 1 saturated heterocycles. The average Bonchev–Trinajstić information content (AvgIpc) is 3.27. The first-order valence-electron chi connectivity index (χ1n) is 12.3. The van der Waals surface area contributed by atoms with Gasteiger partial charge < -0.3 is 25.0 Å². The molecule has 0 saturated carbocycles. The molecule has 36 heavy (non-hydrogen) atoms. The molecule has 4 rings (SSSR count). The molecule has 0 spiro atoms. The second kappa shape index (κ2) is 12.0. The molecule has 0 aliphatic carbocycles. The monoisotopic (exact) mass is 493 g/mol. The van der Waals surface area contributed by atoms with Crippen LogP contribution in [0.2, 0.25) is 0 Å². The summed E-state index contributed by atoms with van der Waals surface area (Å²) >= 11 is 0. The minimum absolute atomic E-state index is 0.00185.